The van der Waals surface area contributed by atoms with Crippen molar-refractivity contribution in [2.45, 2.75) is 16.2 Å². The lowest BCUT2D eigenvalue weighted by molar-refractivity contribution is -0.127. The summed E-state index contributed by atoms with van der Waals surface area (Å²) in [5, 5.41) is 0.637. The van der Waals surface area contributed by atoms with Crippen LogP contribution in [0.25, 0.3) is 0 Å². The Morgan fingerprint density at radius 1 is 1.00 bits per heavy atom. The number of hydrogen-bond acceptors (Lipinski definition) is 5. The summed E-state index contributed by atoms with van der Waals surface area (Å²) >= 11 is 19.9. The number of nitrogens with zero attached hydrogens (tertiary/aromatic N) is 2. The Balaban J connectivity index is 1.78. The number of anilines is 1. The second kappa shape index (κ2) is 11.2. The lowest BCUT2D eigenvalue weighted by Crippen LogP contribution is -2.45. The molecule has 0 N–H and O–H groups in total. The molecule has 0 saturated carbocycles. The van der Waals surface area contributed by atoms with E-state index in [2.05, 4.69) is 0 Å². The molecule has 0 saturated heterocycles. The van der Waals surface area contributed by atoms with Gasteiger partial charge in [0.05, 0.1) is 21.5 Å². The zero-order valence-electron chi connectivity index (χ0n) is 19.1. The number of thioether (sulfide) groups is 1. The highest BCUT2D eigenvalue weighted by molar-refractivity contribution is 7.99. The van der Waals surface area contributed by atoms with Crippen molar-refractivity contribution in [2.75, 3.05) is 32.1 Å². The molecule has 1 aliphatic heterocycles. The standard InChI is InChI=1S/C26H23Cl3N2O3S/c1-30(2)13-14-31-21-5-3-4-6-22(21)35-24(16-7-9-17(27)10-8-16)23(25(31)32)34-26(33)19-12-11-18(28)15-20(19)29/h3-12,15,23-24H,13-14H2,1-2H3/t23-,24+/m1/s1. The molecule has 0 bridgehead atoms. The molecule has 4 rings (SSSR count). The summed E-state index contributed by atoms with van der Waals surface area (Å²) in [5.74, 6) is -0.995. The van der Waals surface area contributed by atoms with Gasteiger partial charge < -0.3 is 14.5 Å². The maximum Gasteiger partial charge on any atom is 0.340 e. The zero-order chi connectivity index (χ0) is 25.1. The number of halogens is 3. The molecule has 1 heterocycles. The molecule has 0 radical (unpaired) electrons. The molecule has 3 aromatic carbocycles. The summed E-state index contributed by atoms with van der Waals surface area (Å²) in [5.41, 5.74) is 1.74. The van der Waals surface area contributed by atoms with E-state index >= 15 is 0 Å². The van der Waals surface area contributed by atoms with Gasteiger partial charge in [-0.3, -0.25) is 4.79 Å². The molecule has 1 amide bonds. The first-order valence-corrected chi connectivity index (χ1v) is 12.9. The number of carbonyl (C=O) groups is 2. The number of likely N-dealkylation sites (N-methyl/N-ethyl adjacent to an activating group) is 1. The number of para-hydroxylation sites is 1. The highest BCUT2D eigenvalue weighted by atomic mass is 35.5. The monoisotopic (exact) mass is 548 g/mol. The van der Waals surface area contributed by atoms with E-state index in [1.807, 2.05) is 55.4 Å². The van der Waals surface area contributed by atoms with Crippen molar-refractivity contribution in [2.24, 2.45) is 0 Å². The Hall–Kier alpha value is -2.22. The SMILES string of the molecule is CN(C)CCN1C(=O)[C@H](OC(=O)c2ccc(Cl)cc2Cl)[C@H](c2ccc(Cl)cc2)Sc2ccccc21. The maximum atomic E-state index is 14.0. The van der Waals surface area contributed by atoms with Gasteiger partial charge in [-0.2, -0.15) is 0 Å². The fourth-order valence-corrected chi connectivity index (χ4v) is 5.68. The maximum absolute atomic E-state index is 14.0. The molecule has 35 heavy (non-hydrogen) atoms. The molecule has 0 fully saturated rings. The van der Waals surface area contributed by atoms with Crippen molar-refractivity contribution in [1.29, 1.82) is 0 Å². The van der Waals surface area contributed by atoms with E-state index in [1.165, 1.54) is 23.9 Å². The van der Waals surface area contributed by atoms with Gasteiger partial charge in [-0.25, -0.2) is 4.79 Å². The predicted molar refractivity (Wildman–Crippen MR) is 143 cm³/mol. The summed E-state index contributed by atoms with van der Waals surface area (Å²) in [7, 11) is 3.89. The first kappa shape index (κ1) is 25.9. The minimum Gasteiger partial charge on any atom is -0.447 e. The number of rotatable bonds is 6. The smallest absolute Gasteiger partial charge is 0.340 e. The van der Waals surface area contributed by atoms with Gasteiger partial charge >= 0.3 is 5.97 Å². The Labute approximate surface area is 223 Å². The van der Waals surface area contributed by atoms with Crippen molar-refractivity contribution in [3.8, 4) is 0 Å². The number of ether oxygens (including phenoxy) is 1. The summed E-state index contributed by atoms with van der Waals surface area (Å²) in [6.07, 6.45) is -1.10. The van der Waals surface area contributed by atoms with Crippen LogP contribution in [0.2, 0.25) is 15.1 Å². The number of esters is 1. The number of benzene rings is 3. The average molecular weight is 550 g/mol. The van der Waals surface area contributed by atoms with Gasteiger partial charge in [0.2, 0.25) is 0 Å². The van der Waals surface area contributed by atoms with Crippen molar-refractivity contribution in [3.63, 3.8) is 0 Å². The molecule has 5 nitrogen and oxygen atoms in total. The molecule has 9 heteroatoms. The van der Waals surface area contributed by atoms with E-state index in [-0.39, 0.29) is 16.5 Å². The summed E-state index contributed by atoms with van der Waals surface area (Å²) in [6.45, 7) is 1.08. The van der Waals surface area contributed by atoms with Crippen molar-refractivity contribution in [1.82, 2.24) is 4.90 Å². The van der Waals surface area contributed by atoms with Crippen LogP contribution in [0.4, 0.5) is 5.69 Å². The minimum absolute atomic E-state index is 0.144. The number of fused-ring (bicyclic) bond motifs is 1. The molecule has 0 unspecified atom stereocenters. The number of amides is 1. The van der Waals surface area contributed by atoms with Gasteiger partial charge in [0.1, 0.15) is 0 Å². The van der Waals surface area contributed by atoms with Crippen LogP contribution in [0.1, 0.15) is 21.2 Å². The third-order valence-corrected chi connectivity index (χ3v) is 7.72. The quantitative estimate of drug-likeness (QED) is 0.324. The fourth-order valence-electron chi connectivity index (χ4n) is 3.75. The van der Waals surface area contributed by atoms with E-state index in [0.717, 1.165) is 16.1 Å². The normalized spacial score (nSPS) is 17.8. The van der Waals surface area contributed by atoms with Gasteiger partial charge in [-0.1, -0.05) is 59.1 Å². The van der Waals surface area contributed by atoms with E-state index < -0.39 is 17.3 Å². The Bertz CT molecular complexity index is 1240. The number of hydrogen-bond donors (Lipinski definition) is 0. The van der Waals surface area contributed by atoms with E-state index in [1.54, 1.807) is 23.1 Å². The summed E-state index contributed by atoms with van der Waals surface area (Å²) < 4.78 is 5.93. The summed E-state index contributed by atoms with van der Waals surface area (Å²) in [6, 6.07) is 19.5. The number of carbonyl (C=O) groups excluding carboxylic acids is 2. The van der Waals surface area contributed by atoms with E-state index in [0.29, 0.717) is 23.1 Å². The molecule has 0 aliphatic carbocycles. The molecule has 2 atom stereocenters. The lowest BCUT2D eigenvalue weighted by atomic mass is 10.1. The van der Waals surface area contributed by atoms with Crippen LogP contribution in [0.15, 0.2) is 71.6 Å². The average Bonchev–Trinajstić information content (AvgIpc) is 2.93. The molecular weight excluding hydrogens is 527 g/mol. The third kappa shape index (κ3) is 5.96. The topological polar surface area (TPSA) is 49.9 Å². The predicted octanol–water partition coefficient (Wildman–Crippen LogP) is 6.61. The van der Waals surface area contributed by atoms with Crippen LogP contribution in [0.3, 0.4) is 0 Å². The fraction of sp³-hybridized carbons (Fsp3) is 0.231. The molecule has 3 aromatic rings. The lowest BCUT2D eigenvalue weighted by Gasteiger charge is -2.28. The Kier molecular flexibility index (Phi) is 8.30. The van der Waals surface area contributed by atoms with Crippen molar-refractivity contribution >= 4 is 64.1 Å². The van der Waals surface area contributed by atoms with Crippen LogP contribution >= 0.6 is 46.6 Å². The van der Waals surface area contributed by atoms with Gasteiger partial charge in [0, 0.05) is 28.0 Å². The molecular formula is C26H23Cl3N2O3S. The third-order valence-electron chi connectivity index (χ3n) is 5.55. The Morgan fingerprint density at radius 2 is 1.69 bits per heavy atom. The van der Waals surface area contributed by atoms with E-state index in [9.17, 15) is 9.59 Å². The molecule has 0 aromatic heterocycles. The Morgan fingerprint density at radius 3 is 2.37 bits per heavy atom. The first-order valence-electron chi connectivity index (χ1n) is 10.9. The second-order valence-electron chi connectivity index (χ2n) is 8.30. The van der Waals surface area contributed by atoms with Crippen molar-refractivity contribution in [3.05, 3.63) is 92.9 Å². The van der Waals surface area contributed by atoms with Gasteiger partial charge in [-0.05, 0) is 62.1 Å². The summed E-state index contributed by atoms with van der Waals surface area (Å²) in [4.78, 5) is 31.8. The van der Waals surface area contributed by atoms with Gasteiger partial charge in [-0.15, -0.1) is 11.8 Å². The molecule has 0 spiro atoms. The highest BCUT2D eigenvalue weighted by Gasteiger charge is 2.41. The van der Waals surface area contributed by atoms with Crippen LogP contribution in [0, 0.1) is 0 Å². The zero-order valence-corrected chi connectivity index (χ0v) is 22.2. The van der Waals surface area contributed by atoms with Gasteiger partial charge in [0.15, 0.2) is 6.10 Å². The van der Waals surface area contributed by atoms with Gasteiger partial charge in [0.25, 0.3) is 5.91 Å². The van der Waals surface area contributed by atoms with E-state index in [4.69, 9.17) is 39.5 Å². The van der Waals surface area contributed by atoms with Crippen LogP contribution in [-0.4, -0.2) is 50.1 Å². The molecule has 1 aliphatic rings. The molecule has 182 valence electrons. The minimum atomic E-state index is -1.10. The van der Waals surface area contributed by atoms with Crippen LogP contribution in [0.5, 0.6) is 0 Å². The van der Waals surface area contributed by atoms with Crippen molar-refractivity contribution < 1.29 is 14.3 Å². The van der Waals surface area contributed by atoms with Crippen LogP contribution in [-0.2, 0) is 9.53 Å². The highest BCUT2D eigenvalue weighted by Crippen LogP contribution is 2.47. The largest absolute Gasteiger partial charge is 0.447 e. The second-order valence-corrected chi connectivity index (χ2v) is 10.8. The van der Waals surface area contributed by atoms with Crippen LogP contribution < -0.4 is 4.90 Å². The first-order chi connectivity index (χ1) is 16.7.